The molecule has 0 fully saturated rings. The monoisotopic (exact) mass is 659 g/mol. The van der Waals surface area contributed by atoms with E-state index in [9.17, 15) is 34.2 Å². The van der Waals surface area contributed by atoms with Crippen LogP contribution in [-0.2, 0) is 35.1 Å². The van der Waals surface area contributed by atoms with Gasteiger partial charge in [-0.15, -0.1) is 0 Å². The molecule has 0 unspecified atom stereocenters. The topological polar surface area (TPSA) is 195 Å². The molecule has 0 aliphatic carbocycles. The number of carboxylic acids is 2. The van der Waals surface area contributed by atoms with Gasteiger partial charge in [0.1, 0.15) is 43.4 Å². The normalized spacial score (nSPS) is 11.6. The van der Waals surface area contributed by atoms with Gasteiger partial charge >= 0.3 is 17.6 Å². The van der Waals surface area contributed by atoms with E-state index < -0.39 is 30.7 Å². The largest absolute Gasteiger partial charge is 0.488 e. The van der Waals surface area contributed by atoms with E-state index in [0.29, 0.717) is 29.0 Å². The van der Waals surface area contributed by atoms with Crippen LogP contribution in [0.1, 0.15) is 11.1 Å². The van der Waals surface area contributed by atoms with E-state index >= 15 is 0 Å². The first-order chi connectivity index (χ1) is 23.3. The Morgan fingerprint density at radius 3 is 2.12 bits per heavy atom. The number of para-hydroxylation sites is 3. The van der Waals surface area contributed by atoms with Crippen molar-refractivity contribution in [2.24, 2.45) is 4.99 Å². The van der Waals surface area contributed by atoms with Crippen LogP contribution in [0.15, 0.2) is 80.9 Å². The average Bonchev–Trinajstić information content (AvgIpc) is 3.50. The van der Waals surface area contributed by atoms with Crippen LogP contribution in [-0.4, -0.2) is 80.6 Å². The fourth-order valence-corrected chi connectivity index (χ4v) is 5.10. The Balaban J connectivity index is 1.43. The number of hydrogen-bond acceptors (Lipinski definition) is 13. The van der Waals surface area contributed by atoms with Crippen molar-refractivity contribution in [2.45, 2.75) is 6.42 Å². The van der Waals surface area contributed by atoms with Gasteiger partial charge in [-0.3, -0.25) is 24.2 Å². The number of aliphatic imine (C=N–C) groups is 1. The van der Waals surface area contributed by atoms with Gasteiger partial charge in [0.15, 0.2) is 13.5 Å². The molecule has 1 aliphatic rings. The molecular weight excluding hydrogens is 630 g/mol. The lowest BCUT2D eigenvalue weighted by Gasteiger charge is -2.25. The van der Waals surface area contributed by atoms with Crippen LogP contribution in [0.4, 0.5) is 17.1 Å². The zero-order valence-electron chi connectivity index (χ0n) is 25.3. The second-order valence-electron chi connectivity index (χ2n) is 10.3. The van der Waals surface area contributed by atoms with E-state index in [0.717, 1.165) is 16.2 Å². The molecule has 3 aromatic carbocycles. The Morgan fingerprint density at radius 1 is 0.812 bits per heavy atom. The van der Waals surface area contributed by atoms with Gasteiger partial charge in [0, 0.05) is 17.9 Å². The summed E-state index contributed by atoms with van der Waals surface area (Å²) in [6, 6.07) is 18.7. The van der Waals surface area contributed by atoms with Crippen molar-refractivity contribution in [3.63, 3.8) is 0 Å². The Kier molecular flexibility index (Phi) is 10.5. The highest BCUT2D eigenvalue weighted by atomic mass is 16.6. The zero-order valence-corrected chi connectivity index (χ0v) is 25.3. The second kappa shape index (κ2) is 15.3. The molecule has 0 saturated carbocycles. The van der Waals surface area contributed by atoms with Crippen LogP contribution >= 0.6 is 0 Å². The predicted octanol–water partition coefficient (Wildman–Crippen LogP) is 2.97. The number of carbonyl (C=O) groups is 4. The van der Waals surface area contributed by atoms with Gasteiger partial charge in [-0.1, -0.05) is 30.3 Å². The summed E-state index contributed by atoms with van der Waals surface area (Å²) in [5, 5.41) is 19.5. The molecule has 4 aromatic rings. The van der Waals surface area contributed by atoms with Gasteiger partial charge in [-0.25, -0.2) is 4.79 Å². The molecule has 248 valence electrons. The number of hydrogen-bond donors (Lipinski definition) is 2. The summed E-state index contributed by atoms with van der Waals surface area (Å²) < 4.78 is 27.2. The predicted molar refractivity (Wildman–Crippen MR) is 170 cm³/mol. The van der Waals surface area contributed by atoms with Crippen molar-refractivity contribution < 1.29 is 52.8 Å². The van der Waals surface area contributed by atoms with Crippen molar-refractivity contribution in [3.8, 4) is 11.5 Å². The number of aliphatic carboxylic acids is 2. The summed E-state index contributed by atoms with van der Waals surface area (Å²) in [5.41, 5.74) is 2.42. The van der Waals surface area contributed by atoms with Crippen molar-refractivity contribution in [2.75, 3.05) is 49.6 Å². The Bertz CT molecular complexity index is 1890. The maximum atomic E-state index is 13.1. The number of nitrogens with zero attached hydrogens (tertiary/aromatic N) is 3. The Morgan fingerprint density at radius 2 is 1.46 bits per heavy atom. The van der Waals surface area contributed by atoms with Crippen LogP contribution in [0.25, 0.3) is 11.0 Å². The number of fused-ring (bicyclic) bond motifs is 2. The summed E-state index contributed by atoms with van der Waals surface area (Å²) in [4.78, 5) is 65.0. The fraction of sp³-hybridized carbons (Fsp3) is 0.212. The molecule has 0 radical (unpaired) electrons. The lowest BCUT2D eigenvalue weighted by Crippen LogP contribution is -2.34. The first-order valence-electron chi connectivity index (χ1n) is 14.4. The summed E-state index contributed by atoms with van der Waals surface area (Å²) in [6.45, 7) is -1.47. The number of carbonyl (C=O) groups excluding carboxylic acids is 2. The molecule has 0 saturated heterocycles. The summed E-state index contributed by atoms with van der Waals surface area (Å²) in [7, 11) is 0. The molecular formula is C33H29N3O12. The average molecular weight is 660 g/mol. The minimum Gasteiger partial charge on any atom is -0.488 e. The standard InChI is InChI=1S/C33H29N3O12/c37-19-44-17-36(18-45-20-38)26-7-3-4-8-28(26)46-9-10-47-30-13-22-11-23(25-12-21-5-1-2-6-24(21)34-25)33(43)48-29(22)14-27(30)35(15-31(39)40)16-32(41)42/h1-8,11,13-14,19-20H,9-10,12,15-18H2,(H,39,40)(H,41,42). The van der Waals surface area contributed by atoms with Gasteiger partial charge in [0.2, 0.25) is 0 Å². The molecule has 2 N–H and O–H groups in total. The zero-order chi connectivity index (χ0) is 34.0. The molecule has 1 aliphatic heterocycles. The Hall–Kier alpha value is -6.38. The minimum absolute atomic E-state index is 0.0482. The van der Waals surface area contributed by atoms with Crippen molar-refractivity contribution >= 4 is 58.6 Å². The van der Waals surface area contributed by atoms with Gasteiger partial charge in [0.25, 0.3) is 12.9 Å². The molecule has 15 nitrogen and oxygen atoms in total. The molecule has 0 spiro atoms. The van der Waals surface area contributed by atoms with Gasteiger partial charge in [0.05, 0.1) is 28.3 Å². The molecule has 48 heavy (non-hydrogen) atoms. The molecule has 15 heteroatoms. The van der Waals surface area contributed by atoms with Gasteiger partial charge < -0.3 is 43.4 Å². The van der Waals surface area contributed by atoms with E-state index in [-0.39, 0.29) is 62.2 Å². The Labute approximate surface area is 272 Å². The molecule has 0 atom stereocenters. The lowest BCUT2D eigenvalue weighted by atomic mass is 10.0. The molecule has 2 heterocycles. The summed E-state index contributed by atoms with van der Waals surface area (Å²) in [6.07, 6.45) is 0.428. The molecule has 5 rings (SSSR count). The van der Waals surface area contributed by atoms with E-state index in [2.05, 4.69) is 4.99 Å². The smallest absolute Gasteiger partial charge is 0.345 e. The number of anilines is 2. The van der Waals surface area contributed by atoms with Crippen LogP contribution in [0.3, 0.4) is 0 Å². The minimum atomic E-state index is -1.29. The lowest BCUT2D eigenvalue weighted by molar-refractivity contribution is -0.136. The number of carboxylic acid groups (broad SMARTS) is 2. The maximum absolute atomic E-state index is 13.1. The van der Waals surface area contributed by atoms with Gasteiger partial charge in [-0.2, -0.15) is 0 Å². The van der Waals surface area contributed by atoms with Crippen molar-refractivity contribution in [1.29, 1.82) is 0 Å². The first-order valence-corrected chi connectivity index (χ1v) is 14.4. The van der Waals surface area contributed by atoms with Crippen LogP contribution in [0.2, 0.25) is 0 Å². The quantitative estimate of drug-likeness (QED) is 0.0685. The SMILES string of the molecule is O=COCN(COC=O)c1ccccc1OCCOc1cc2cc(C3=Nc4ccccc4C3)c(=O)oc2cc1N(CC(=O)O)CC(=O)O. The highest BCUT2D eigenvalue weighted by Crippen LogP contribution is 2.35. The van der Waals surface area contributed by atoms with E-state index in [1.807, 2.05) is 24.3 Å². The highest BCUT2D eigenvalue weighted by Gasteiger charge is 2.23. The fourth-order valence-electron chi connectivity index (χ4n) is 5.10. The highest BCUT2D eigenvalue weighted by molar-refractivity contribution is 6.07. The molecule has 0 bridgehead atoms. The van der Waals surface area contributed by atoms with E-state index in [1.165, 1.54) is 17.0 Å². The summed E-state index contributed by atoms with van der Waals surface area (Å²) in [5.74, 6) is -2.13. The number of rotatable bonds is 18. The van der Waals surface area contributed by atoms with Crippen LogP contribution < -0.4 is 24.9 Å². The number of benzene rings is 3. The van der Waals surface area contributed by atoms with Crippen molar-refractivity contribution in [1.82, 2.24) is 0 Å². The maximum Gasteiger partial charge on any atom is 0.345 e. The van der Waals surface area contributed by atoms with Crippen LogP contribution in [0, 0.1) is 0 Å². The summed E-state index contributed by atoms with van der Waals surface area (Å²) >= 11 is 0. The van der Waals surface area contributed by atoms with Crippen LogP contribution in [0.5, 0.6) is 11.5 Å². The van der Waals surface area contributed by atoms with E-state index in [4.69, 9.17) is 23.4 Å². The van der Waals surface area contributed by atoms with Gasteiger partial charge in [-0.05, 0) is 35.9 Å². The third-order valence-corrected chi connectivity index (χ3v) is 7.12. The first kappa shape index (κ1) is 33.0. The third kappa shape index (κ3) is 7.88. The van der Waals surface area contributed by atoms with E-state index in [1.54, 1.807) is 30.3 Å². The molecule has 1 aromatic heterocycles. The third-order valence-electron chi connectivity index (χ3n) is 7.12. The number of ether oxygens (including phenoxy) is 4. The van der Waals surface area contributed by atoms with Crippen molar-refractivity contribution in [3.05, 3.63) is 88.3 Å². The molecule has 0 amide bonds. The second-order valence-corrected chi connectivity index (χ2v) is 10.3.